The molecule has 1 N–H and O–H groups in total. The topological polar surface area (TPSA) is 55.4 Å². The molecule has 4 heteroatoms. The minimum atomic E-state index is -0.313. The number of hydrogen-bond donors (Lipinski definition) is 1. The van der Waals surface area contributed by atoms with E-state index in [9.17, 15) is 9.59 Å². The average Bonchev–Trinajstić information content (AvgIpc) is 2.47. The first-order valence-electron chi connectivity index (χ1n) is 6.24. The van der Waals surface area contributed by atoms with Crippen LogP contribution in [-0.2, 0) is 16.1 Å². The van der Waals surface area contributed by atoms with Gasteiger partial charge in [0.1, 0.15) is 6.61 Å². The number of benzene rings is 2. The fourth-order valence-electron chi connectivity index (χ4n) is 1.66. The van der Waals surface area contributed by atoms with Gasteiger partial charge < -0.3 is 10.1 Å². The molecule has 2 rings (SSSR count). The lowest BCUT2D eigenvalue weighted by atomic mass is 10.2. The largest absolute Gasteiger partial charge is 0.461 e. The second-order valence-corrected chi connectivity index (χ2v) is 4.30. The van der Waals surface area contributed by atoms with Gasteiger partial charge in [-0.2, -0.15) is 0 Å². The first-order chi connectivity index (χ1) is 9.65. The van der Waals surface area contributed by atoms with Gasteiger partial charge in [-0.3, -0.25) is 9.59 Å². The first-order valence-corrected chi connectivity index (χ1v) is 6.24. The van der Waals surface area contributed by atoms with E-state index in [0.717, 1.165) is 5.56 Å². The number of ether oxygens (including phenoxy) is 1. The molecule has 102 valence electrons. The smallest absolute Gasteiger partial charge is 0.302 e. The molecule has 1 amide bonds. The summed E-state index contributed by atoms with van der Waals surface area (Å²) in [5.74, 6) is -0.468. The van der Waals surface area contributed by atoms with E-state index in [2.05, 4.69) is 5.32 Å². The van der Waals surface area contributed by atoms with Crippen LogP contribution in [0.4, 0.5) is 5.69 Å². The highest BCUT2D eigenvalue weighted by Gasteiger charge is 2.05. The van der Waals surface area contributed by atoms with Crippen LogP contribution in [-0.4, -0.2) is 11.9 Å². The monoisotopic (exact) mass is 269 g/mol. The zero-order chi connectivity index (χ0) is 14.4. The molecule has 0 aromatic heterocycles. The Bertz CT molecular complexity index is 591. The number of anilines is 1. The summed E-state index contributed by atoms with van der Waals surface area (Å²) < 4.78 is 4.89. The summed E-state index contributed by atoms with van der Waals surface area (Å²) in [5.41, 5.74) is 2.18. The van der Waals surface area contributed by atoms with E-state index in [4.69, 9.17) is 4.74 Å². The predicted molar refractivity (Wildman–Crippen MR) is 76.3 cm³/mol. The molecule has 0 radical (unpaired) electrons. The van der Waals surface area contributed by atoms with Gasteiger partial charge >= 0.3 is 5.97 Å². The summed E-state index contributed by atoms with van der Waals surface area (Å²) >= 11 is 0. The van der Waals surface area contributed by atoms with Crippen molar-refractivity contribution in [3.63, 3.8) is 0 Å². The second kappa shape index (κ2) is 6.52. The highest BCUT2D eigenvalue weighted by Crippen LogP contribution is 2.12. The van der Waals surface area contributed by atoms with Crippen molar-refractivity contribution in [1.82, 2.24) is 0 Å². The molecular formula is C16H15NO3. The molecule has 0 saturated carbocycles. The van der Waals surface area contributed by atoms with Crippen LogP contribution in [0.25, 0.3) is 0 Å². The molecule has 0 unspecified atom stereocenters. The minimum Gasteiger partial charge on any atom is -0.461 e. The summed E-state index contributed by atoms with van der Waals surface area (Å²) in [4.78, 5) is 22.6. The van der Waals surface area contributed by atoms with Crippen LogP contribution in [0.3, 0.4) is 0 Å². The van der Waals surface area contributed by atoms with Gasteiger partial charge in [0.15, 0.2) is 0 Å². The quantitative estimate of drug-likeness (QED) is 0.868. The molecule has 2 aromatic carbocycles. The molecule has 20 heavy (non-hydrogen) atoms. The molecule has 0 aliphatic heterocycles. The van der Waals surface area contributed by atoms with Crippen LogP contribution in [0.5, 0.6) is 0 Å². The van der Waals surface area contributed by atoms with Gasteiger partial charge in [-0.1, -0.05) is 30.3 Å². The van der Waals surface area contributed by atoms with Crippen molar-refractivity contribution in [1.29, 1.82) is 0 Å². The summed E-state index contributed by atoms with van der Waals surface area (Å²) in [6.07, 6.45) is 0. The Labute approximate surface area is 117 Å². The van der Waals surface area contributed by atoms with Crippen LogP contribution < -0.4 is 5.32 Å². The summed E-state index contributed by atoms with van der Waals surface area (Å²) in [5, 5.41) is 2.80. The van der Waals surface area contributed by atoms with Crippen molar-refractivity contribution >= 4 is 17.6 Å². The van der Waals surface area contributed by atoms with E-state index >= 15 is 0 Å². The van der Waals surface area contributed by atoms with Crippen LogP contribution >= 0.6 is 0 Å². The Morgan fingerprint density at radius 1 is 1.00 bits per heavy atom. The molecule has 2 aromatic rings. The third kappa shape index (κ3) is 3.95. The van der Waals surface area contributed by atoms with Crippen molar-refractivity contribution in [2.75, 3.05) is 5.32 Å². The van der Waals surface area contributed by atoms with Crippen LogP contribution in [0, 0.1) is 0 Å². The minimum absolute atomic E-state index is 0.154. The lowest BCUT2D eigenvalue weighted by Gasteiger charge is -2.07. The number of hydrogen-bond acceptors (Lipinski definition) is 3. The van der Waals surface area contributed by atoms with E-state index in [1.165, 1.54) is 6.92 Å². The average molecular weight is 269 g/mol. The normalized spacial score (nSPS) is 9.85. The van der Waals surface area contributed by atoms with Crippen molar-refractivity contribution < 1.29 is 14.3 Å². The van der Waals surface area contributed by atoms with E-state index in [1.807, 2.05) is 30.3 Å². The lowest BCUT2D eigenvalue weighted by molar-refractivity contribution is -0.142. The summed E-state index contributed by atoms with van der Waals surface area (Å²) in [6.45, 7) is 1.61. The van der Waals surface area contributed by atoms with Crippen molar-refractivity contribution in [2.45, 2.75) is 13.5 Å². The number of nitrogens with one attached hydrogen (secondary N) is 1. The third-order valence-corrected chi connectivity index (χ3v) is 2.69. The van der Waals surface area contributed by atoms with Gasteiger partial charge in [-0.15, -0.1) is 0 Å². The van der Waals surface area contributed by atoms with E-state index in [-0.39, 0.29) is 18.5 Å². The van der Waals surface area contributed by atoms with Gasteiger partial charge in [0.2, 0.25) is 0 Å². The van der Waals surface area contributed by atoms with E-state index < -0.39 is 0 Å². The fourth-order valence-corrected chi connectivity index (χ4v) is 1.66. The number of rotatable bonds is 4. The van der Waals surface area contributed by atoms with Gasteiger partial charge in [0, 0.05) is 18.2 Å². The van der Waals surface area contributed by atoms with E-state index in [1.54, 1.807) is 24.3 Å². The summed E-state index contributed by atoms with van der Waals surface area (Å²) in [6, 6.07) is 16.2. The molecule has 0 heterocycles. The standard InChI is InChI=1S/C16H15NO3/c1-12(18)20-11-13-7-9-15(10-8-13)17-16(19)14-5-3-2-4-6-14/h2-10H,11H2,1H3,(H,17,19). The zero-order valence-electron chi connectivity index (χ0n) is 11.1. The second-order valence-electron chi connectivity index (χ2n) is 4.30. The van der Waals surface area contributed by atoms with Gasteiger partial charge in [-0.05, 0) is 29.8 Å². The molecular weight excluding hydrogens is 254 g/mol. The Kier molecular flexibility index (Phi) is 4.50. The molecule has 0 spiro atoms. The highest BCUT2D eigenvalue weighted by atomic mass is 16.5. The van der Waals surface area contributed by atoms with Crippen molar-refractivity contribution in [2.24, 2.45) is 0 Å². The molecule has 0 aliphatic rings. The van der Waals surface area contributed by atoms with Crippen LogP contribution in [0.15, 0.2) is 54.6 Å². The molecule has 0 bridgehead atoms. The fraction of sp³-hybridized carbons (Fsp3) is 0.125. The summed E-state index contributed by atoms with van der Waals surface area (Å²) in [7, 11) is 0. The molecule has 4 nitrogen and oxygen atoms in total. The molecule has 0 atom stereocenters. The van der Waals surface area contributed by atoms with Crippen molar-refractivity contribution in [3.05, 3.63) is 65.7 Å². The zero-order valence-corrected chi connectivity index (χ0v) is 11.1. The molecule has 0 aliphatic carbocycles. The number of carbonyl (C=O) groups is 2. The van der Waals surface area contributed by atoms with Gasteiger partial charge in [0.25, 0.3) is 5.91 Å². The van der Waals surface area contributed by atoms with Crippen molar-refractivity contribution in [3.8, 4) is 0 Å². The lowest BCUT2D eigenvalue weighted by Crippen LogP contribution is -2.11. The number of esters is 1. The van der Waals surface area contributed by atoms with Crippen LogP contribution in [0.1, 0.15) is 22.8 Å². The predicted octanol–water partition coefficient (Wildman–Crippen LogP) is 3.00. The maximum atomic E-state index is 11.9. The maximum Gasteiger partial charge on any atom is 0.302 e. The Hall–Kier alpha value is -2.62. The first kappa shape index (κ1) is 13.8. The number of carbonyl (C=O) groups excluding carboxylic acids is 2. The SMILES string of the molecule is CC(=O)OCc1ccc(NC(=O)c2ccccc2)cc1. The number of amides is 1. The Morgan fingerprint density at radius 2 is 1.65 bits per heavy atom. The third-order valence-electron chi connectivity index (χ3n) is 2.69. The van der Waals surface area contributed by atoms with Gasteiger partial charge in [-0.25, -0.2) is 0 Å². The van der Waals surface area contributed by atoms with Crippen LogP contribution in [0.2, 0.25) is 0 Å². The highest BCUT2D eigenvalue weighted by molar-refractivity contribution is 6.04. The molecule has 0 saturated heterocycles. The Balaban J connectivity index is 1.97. The maximum absolute atomic E-state index is 11.9. The van der Waals surface area contributed by atoms with E-state index in [0.29, 0.717) is 11.3 Å². The molecule has 0 fully saturated rings. The van der Waals surface area contributed by atoms with Gasteiger partial charge in [0.05, 0.1) is 0 Å². The Morgan fingerprint density at radius 3 is 2.25 bits per heavy atom.